The summed E-state index contributed by atoms with van der Waals surface area (Å²) >= 11 is 0. The summed E-state index contributed by atoms with van der Waals surface area (Å²) in [5.41, 5.74) is -0.526. The summed E-state index contributed by atoms with van der Waals surface area (Å²) in [6, 6.07) is 4.03. The van der Waals surface area contributed by atoms with E-state index in [1.807, 2.05) is 26.8 Å². The highest BCUT2D eigenvalue weighted by atomic mass is 16.6. The summed E-state index contributed by atoms with van der Waals surface area (Å²) in [5, 5.41) is 13.9. The molecule has 0 aliphatic heterocycles. The Morgan fingerprint density at radius 3 is 2.35 bits per heavy atom. The Labute approximate surface area is 119 Å². The third kappa shape index (κ3) is 4.68. The summed E-state index contributed by atoms with van der Waals surface area (Å²) in [6.45, 7) is 5.44. The van der Waals surface area contributed by atoms with Crippen molar-refractivity contribution >= 4 is 17.7 Å². The van der Waals surface area contributed by atoms with E-state index in [2.05, 4.69) is 20.8 Å². The van der Waals surface area contributed by atoms with Crippen molar-refractivity contribution in [1.29, 1.82) is 0 Å². The molecule has 2 N–H and O–H groups in total. The fraction of sp³-hybridized carbons (Fsp3) is 0.643. The number of hydrogen-bond acceptors (Lipinski definition) is 5. The van der Waals surface area contributed by atoms with Crippen molar-refractivity contribution in [1.82, 2.24) is 10.2 Å². The number of aromatic nitrogens is 2. The molecule has 0 spiro atoms. The molecule has 1 amide bonds. The second kappa shape index (κ2) is 6.07. The highest BCUT2D eigenvalue weighted by Crippen LogP contribution is 2.21. The molecule has 1 aromatic heterocycles. The zero-order valence-corrected chi connectivity index (χ0v) is 12.3. The van der Waals surface area contributed by atoms with Crippen molar-refractivity contribution in [2.24, 2.45) is 0 Å². The van der Waals surface area contributed by atoms with Crippen LogP contribution in [0.1, 0.15) is 46.5 Å². The molecule has 0 bridgehead atoms. The fourth-order valence-corrected chi connectivity index (χ4v) is 2.16. The Morgan fingerprint density at radius 2 is 1.80 bits per heavy atom. The van der Waals surface area contributed by atoms with Crippen LogP contribution in [-0.2, 0) is 4.74 Å². The molecular weight excluding hydrogens is 256 g/mol. The van der Waals surface area contributed by atoms with Crippen molar-refractivity contribution in [2.45, 2.75) is 58.1 Å². The Morgan fingerprint density at radius 1 is 1.20 bits per heavy atom. The van der Waals surface area contributed by atoms with Gasteiger partial charge in [-0.1, -0.05) is 12.8 Å². The highest BCUT2D eigenvalue weighted by molar-refractivity contribution is 5.83. The van der Waals surface area contributed by atoms with E-state index in [1.165, 1.54) is 25.7 Å². The van der Waals surface area contributed by atoms with Gasteiger partial charge in [0.05, 0.1) is 0 Å². The fourth-order valence-electron chi connectivity index (χ4n) is 2.16. The lowest BCUT2D eigenvalue weighted by atomic mass is 10.2. The van der Waals surface area contributed by atoms with Crippen molar-refractivity contribution < 1.29 is 9.53 Å². The summed E-state index contributed by atoms with van der Waals surface area (Å²) in [4.78, 5) is 11.6. The Balaban J connectivity index is 1.86. The molecule has 0 saturated heterocycles. The largest absolute Gasteiger partial charge is 0.444 e. The minimum Gasteiger partial charge on any atom is -0.444 e. The minimum atomic E-state index is -0.526. The van der Waals surface area contributed by atoms with Crippen molar-refractivity contribution in [3.63, 3.8) is 0 Å². The average Bonchev–Trinajstić information content (AvgIpc) is 2.82. The second-order valence-electron chi connectivity index (χ2n) is 6.06. The van der Waals surface area contributed by atoms with E-state index in [-0.39, 0.29) is 0 Å². The zero-order chi connectivity index (χ0) is 14.6. The summed E-state index contributed by atoms with van der Waals surface area (Å²) in [5.74, 6) is 1.13. The first kappa shape index (κ1) is 14.6. The smallest absolute Gasteiger partial charge is 0.413 e. The summed E-state index contributed by atoms with van der Waals surface area (Å²) in [6.07, 6.45) is 4.37. The van der Waals surface area contributed by atoms with Crippen LogP contribution in [0.3, 0.4) is 0 Å². The number of anilines is 2. The number of rotatable bonds is 3. The molecule has 1 saturated carbocycles. The van der Waals surface area contributed by atoms with Gasteiger partial charge in [-0.15, -0.1) is 10.2 Å². The molecule has 0 radical (unpaired) electrons. The van der Waals surface area contributed by atoms with Gasteiger partial charge in [0, 0.05) is 6.04 Å². The number of hydrogen-bond donors (Lipinski definition) is 2. The van der Waals surface area contributed by atoms with E-state index in [0.29, 0.717) is 11.9 Å². The van der Waals surface area contributed by atoms with Gasteiger partial charge >= 0.3 is 6.09 Å². The Hall–Kier alpha value is -1.85. The third-order valence-corrected chi connectivity index (χ3v) is 3.00. The topological polar surface area (TPSA) is 76.1 Å². The van der Waals surface area contributed by atoms with Gasteiger partial charge in [-0.25, -0.2) is 4.79 Å². The molecule has 110 valence electrons. The lowest BCUT2D eigenvalue weighted by Gasteiger charge is -2.19. The number of ether oxygens (including phenoxy) is 1. The van der Waals surface area contributed by atoms with Crippen LogP contribution < -0.4 is 10.6 Å². The molecule has 2 rings (SSSR count). The lowest BCUT2D eigenvalue weighted by molar-refractivity contribution is 0.0635. The van der Waals surface area contributed by atoms with Crippen LogP contribution in [0, 0.1) is 0 Å². The average molecular weight is 278 g/mol. The van der Waals surface area contributed by atoms with E-state index >= 15 is 0 Å². The minimum absolute atomic E-state index is 0.385. The van der Waals surface area contributed by atoms with Gasteiger partial charge in [0.2, 0.25) is 0 Å². The van der Waals surface area contributed by atoms with E-state index in [0.717, 1.165) is 5.82 Å². The first-order valence-electron chi connectivity index (χ1n) is 7.03. The maximum atomic E-state index is 11.6. The Bertz CT molecular complexity index is 447. The number of nitrogens with zero attached hydrogens (tertiary/aromatic N) is 2. The van der Waals surface area contributed by atoms with Crippen LogP contribution in [0.5, 0.6) is 0 Å². The predicted octanol–water partition coefficient (Wildman–Crippen LogP) is 3.18. The normalized spacial score (nSPS) is 15.9. The van der Waals surface area contributed by atoms with Crippen molar-refractivity contribution in [3.05, 3.63) is 12.1 Å². The maximum Gasteiger partial charge on any atom is 0.413 e. The van der Waals surface area contributed by atoms with E-state index in [9.17, 15) is 4.79 Å². The molecule has 0 atom stereocenters. The molecule has 6 nitrogen and oxygen atoms in total. The first-order chi connectivity index (χ1) is 9.42. The van der Waals surface area contributed by atoms with Crippen LogP contribution >= 0.6 is 0 Å². The molecular formula is C14H22N4O2. The quantitative estimate of drug-likeness (QED) is 0.888. The SMILES string of the molecule is CC(C)(C)OC(=O)Nc1ccc(NC2CCCC2)nn1. The van der Waals surface area contributed by atoms with Gasteiger partial charge in [0.1, 0.15) is 11.4 Å². The standard InChI is InChI=1S/C14H22N4O2/c1-14(2,3)20-13(19)16-12-9-8-11(17-18-12)15-10-6-4-5-7-10/h8-10H,4-7H2,1-3H3,(H,15,17)(H,16,18,19). The molecule has 1 aliphatic rings. The summed E-state index contributed by atoms with van der Waals surface area (Å²) in [7, 11) is 0. The van der Waals surface area contributed by atoms with Crippen LogP contribution in [0.2, 0.25) is 0 Å². The third-order valence-electron chi connectivity index (χ3n) is 3.00. The van der Waals surface area contributed by atoms with Crippen molar-refractivity contribution in [3.8, 4) is 0 Å². The van der Waals surface area contributed by atoms with Crippen molar-refractivity contribution in [2.75, 3.05) is 10.6 Å². The summed E-state index contributed by atoms with van der Waals surface area (Å²) < 4.78 is 5.15. The Kier molecular flexibility index (Phi) is 4.42. The maximum absolute atomic E-state index is 11.6. The van der Waals surface area contributed by atoms with Crippen LogP contribution in [-0.4, -0.2) is 27.9 Å². The lowest BCUT2D eigenvalue weighted by Crippen LogP contribution is -2.27. The van der Waals surface area contributed by atoms with Gasteiger partial charge < -0.3 is 10.1 Å². The van der Waals surface area contributed by atoms with Gasteiger partial charge in [-0.3, -0.25) is 5.32 Å². The molecule has 1 heterocycles. The monoisotopic (exact) mass is 278 g/mol. The molecule has 1 aromatic rings. The van der Waals surface area contributed by atoms with Crippen LogP contribution in [0.15, 0.2) is 12.1 Å². The molecule has 20 heavy (non-hydrogen) atoms. The number of amides is 1. The second-order valence-corrected chi connectivity index (χ2v) is 6.06. The number of carbonyl (C=O) groups excluding carboxylic acids is 1. The van der Waals surface area contributed by atoms with E-state index in [4.69, 9.17) is 4.74 Å². The molecule has 0 aromatic carbocycles. The molecule has 0 unspecified atom stereocenters. The van der Waals surface area contributed by atoms with Crippen LogP contribution in [0.25, 0.3) is 0 Å². The highest BCUT2D eigenvalue weighted by Gasteiger charge is 2.17. The molecule has 1 fully saturated rings. The predicted molar refractivity (Wildman–Crippen MR) is 77.8 cm³/mol. The van der Waals surface area contributed by atoms with E-state index < -0.39 is 11.7 Å². The van der Waals surface area contributed by atoms with Crippen LogP contribution in [0.4, 0.5) is 16.4 Å². The number of nitrogens with one attached hydrogen (secondary N) is 2. The van der Waals surface area contributed by atoms with Gasteiger partial charge in [0.15, 0.2) is 5.82 Å². The van der Waals surface area contributed by atoms with Gasteiger partial charge in [-0.2, -0.15) is 0 Å². The van der Waals surface area contributed by atoms with Gasteiger partial charge in [0.25, 0.3) is 0 Å². The number of carbonyl (C=O) groups is 1. The molecule has 1 aliphatic carbocycles. The first-order valence-corrected chi connectivity index (χ1v) is 7.03. The van der Waals surface area contributed by atoms with E-state index in [1.54, 1.807) is 6.07 Å². The molecule has 6 heteroatoms. The van der Waals surface area contributed by atoms with Gasteiger partial charge in [-0.05, 0) is 45.7 Å². The zero-order valence-electron chi connectivity index (χ0n) is 12.3.